The summed E-state index contributed by atoms with van der Waals surface area (Å²) >= 11 is 0. The molecule has 0 saturated heterocycles. The van der Waals surface area contributed by atoms with Gasteiger partial charge in [0.2, 0.25) is 0 Å². The van der Waals surface area contributed by atoms with Crippen molar-refractivity contribution in [3.8, 4) is 0 Å². The predicted octanol–water partition coefficient (Wildman–Crippen LogP) is 2.28. The van der Waals surface area contributed by atoms with Gasteiger partial charge in [0, 0.05) is 24.7 Å². The zero-order chi connectivity index (χ0) is 13.1. The molecule has 0 aliphatic rings. The zero-order valence-corrected chi connectivity index (χ0v) is 9.31. The Bertz CT molecular complexity index is 376. The van der Waals surface area contributed by atoms with Crippen LogP contribution in [-0.4, -0.2) is 12.6 Å². The molecule has 2 nitrogen and oxygen atoms in total. The topological polar surface area (TPSA) is 38.0 Å². The van der Waals surface area contributed by atoms with Crippen LogP contribution in [0.4, 0.5) is 17.6 Å². The molecule has 0 aromatic heterocycles. The molecule has 0 unspecified atom stereocenters. The lowest BCUT2D eigenvalue weighted by atomic mass is 10.1. The molecule has 0 aliphatic heterocycles. The lowest BCUT2D eigenvalue weighted by Crippen LogP contribution is -2.32. The first-order valence-electron chi connectivity index (χ1n) is 5.13. The lowest BCUT2D eigenvalue weighted by molar-refractivity contribution is -0.137. The van der Waals surface area contributed by atoms with E-state index in [0.717, 1.165) is 18.2 Å². The Hall–Kier alpha value is -1.14. The van der Waals surface area contributed by atoms with Gasteiger partial charge in [-0.2, -0.15) is 13.2 Å². The molecule has 0 spiro atoms. The first kappa shape index (κ1) is 13.9. The number of alkyl halides is 3. The standard InChI is InChI=1S/C11H14F4N2/c1-7(5-16)17-6-8-4-9(11(13,14)15)2-3-10(8)12/h2-4,7,17H,5-6,16H2,1H3/t7-/m0/s1. The predicted molar refractivity (Wildman–Crippen MR) is 56.8 cm³/mol. The highest BCUT2D eigenvalue weighted by Gasteiger charge is 2.30. The van der Waals surface area contributed by atoms with Crippen molar-refractivity contribution in [1.29, 1.82) is 0 Å². The summed E-state index contributed by atoms with van der Waals surface area (Å²) in [6.45, 7) is 2.13. The van der Waals surface area contributed by atoms with E-state index in [4.69, 9.17) is 5.73 Å². The fourth-order valence-electron chi connectivity index (χ4n) is 1.25. The summed E-state index contributed by atoms with van der Waals surface area (Å²) in [7, 11) is 0. The van der Waals surface area contributed by atoms with E-state index in [2.05, 4.69) is 5.32 Å². The third-order valence-corrected chi connectivity index (χ3v) is 2.37. The van der Waals surface area contributed by atoms with Crippen LogP contribution in [-0.2, 0) is 12.7 Å². The van der Waals surface area contributed by atoms with E-state index < -0.39 is 17.6 Å². The normalized spacial score (nSPS) is 13.8. The van der Waals surface area contributed by atoms with Crippen molar-refractivity contribution in [2.24, 2.45) is 5.73 Å². The highest BCUT2D eigenvalue weighted by Crippen LogP contribution is 2.30. The molecule has 3 N–H and O–H groups in total. The minimum absolute atomic E-state index is 0.0138. The molecule has 17 heavy (non-hydrogen) atoms. The second kappa shape index (κ2) is 5.46. The van der Waals surface area contributed by atoms with Crippen molar-refractivity contribution < 1.29 is 17.6 Å². The highest BCUT2D eigenvalue weighted by molar-refractivity contribution is 5.27. The molecule has 0 heterocycles. The van der Waals surface area contributed by atoms with Crippen LogP contribution in [0, 0.1) is 5.82 Å². The van der Waals surface area contributed by atoms with Gasteiger partial charge in [0.15, 0.2) is 0 Å². The summed E-state index contributed by atoms with van der Waals surface area (Å²) in [5.41, 5.74) is 4.47. The second-order valence-corrected chi connectivity index (χ2v) is 3.82. The smallest absolute Gasteiger partial charge is 0.329 e. The van der Waals surface area contributed by atoms with Crippen LogP contribution in [0.5, 0.6) is 0 Å². The van der Waals surface area contributed by atoms with Crippen LogP contribution < -0.4 is 11.1 Å². The van der Waals surface area contributed by atoms with Gasteiger partial charge in [-0.3, -0.25) is 0 Å². The Morgan fingerprint density at radius 1 is 1.35 bits per heavy atom. The molecule has 96 valence electrons. The molecule has 0 fully saturated rings. The number of rotatable bonds is 4. The average Bonchev–Trinajstić information content (AvgIpc) is 2.26. The summed E-state index contributed by atoms with van der Waals surface area (Å²) in [6.07, 6.45) is -4.46. The SMILES string of the molecule is C[C@@H](CN)NCc1cc(C(F)(F)F)ccc1F. The number of hydrogen-bond acceptors (Lipinski definition) is 2. The van der Waals surface area contributed by atoms with Crippen molar-refractivity contribution >= 4 is 0 Å². The van der Waals surface area contributed by atoms with E-state index in [1.165, 1.54) is 0 Å². The van der Waals surface area contributed by atoms with Gasteiger partial charge in [-0.05, 0) is 25.1 Å². The van der Waals surface area contributed by atoms with Gasteiger partial charge < -0.3 is 11.1 Å². The maximum Gasteiger partial charge on any atom is 0.416 e. The number of nitrogens with one attached hydrogen (secondary N) is 1. The number of halogens is 4. The van der Waals surface area contributed by atoms with E-state index >= 15 is 0 Å². The van der Waals surface area contributed by atoms with Gasteiger partial charge in [0.05, 0.1) is 5.56 Å². The van der Waals surface area contributed by atoms with Gasteiger partial charge >= 0.3 is 6.18 Å². The summed E-state index contributed by atoms with van der Waals surface area (Å²) in [5.74, 6) is -0.658. The van der Waals surface area contributed by atoms with Crippen LogP contribution in [0.1, 0.15) is 18.1 Å². The molecule has 1 aromatic rings. The van der Waals surface area contributed by atoms with Crippen LogP contribution in [0.15, 0.2) is 18.2 Å². The Morgan fingerprint density at radius 3 is 2.53 bits per heavy atom. The Morgan fingerprint density at radius 2 is 2.00 bits per heavy atom. The van der Waals surface area contributed by atoms with Gasteiger partial charge in [-0.25, -0.2) is 4.39 Å². The summed E-state index contributed by atoms with van der Waals surface area (Å²) in [4.78, 5) is 0. The van der Waals surface area contributed by atoms with Gasteiger partial charge in [-0.1, -0.05) is 0 Å². The van der Waals surface area contributed by atoms with E-state index in [1.54, 1.807) is 6.92 Å². The largest absolute Gasteiger partial charge is 0.416 e. The van der Waals surface area contributed by atoms with Crippen LogP contribution in [0.25, 0.3) is 0 Å². The van der Waals surface area contributed by atoms with Gasteiger partial charge in [0.1, 0.15) is 5.82 Å². The van der Waals surface area contributed by atoms with Gasteiger partial charge in [0.25, 0.3) is 0 Å². The number of benzene rings is 1. The van der Waals surface area contributed by atoms with Gasteiger partial charge in [-0.15, -0.1) is 0 Å². The maximum absolute atomic E-state index is 13.3. The second-order valence-electron chi connectivity index (χ2n) is 3.82. The average molecular weight is 250 g/mol. The van der Waals surface area contributed by atoms with Crippen molar-refractivity contribution in [3.05, 3.63) is 35.1 Å². The quantitative estimate of drug-likeness (QED) is 0.804. The molecule has 0 bridgehead atoms. The van der Waals surface area contributed by atoms with Crippen LogP contribution >= 0.6 is 0 Å². The molecule has 1 aromatic carbocycles. The van der Waals surface area contributed by atoms with Crippen molar-refractivity contribution in [1.82, 2.24) is 5.32 Å². The Labute approximate surface area is 96.8 Å². The molecule has 1 rings (SSSR count). The summed E-state index contributed by atoms with van der Waals surface area (Å²) < 4.78 is 50.5. The minimum Gasteiger partial charge on any atom is -0.329 e. The lowest BCUT2D eigenvalue weighted by Gasteiger charge is -2.13. The molecular weight excluding hydrogens is 236 g/mol. The van der Waals surface area contributed by atoms with E-state index in [9.17, 15) is 17.6 Å². The third-order valence-electron chi connectivity index (χ3n) is 2.37. The number of nitrogens with two attached hydrogens (primary N) is 1. The van der Waals surface area contributed by atoms with Crippen molar-refractivity contribution in [2.75, 3.05) is 6.54 Å². The fourth-order valence-corrected chi connectivity index (χ4v) is 1.25. The molecule has 6 heteroatoms. The molecule has 0 aliphatic carbocycles. The van der Waals surface area contributed by atoms with Crippen LogP contribution in [0.2, 0.25) is 0 Å². The monoisotopic (exact) mass is 250 g/mol. The highest BCUT2D eigenvalue weighted by atomic mass is 19.4. The summed E-state index contributed by atoms with van der Waals surface area (Å²) in [5, 5.41) is 2.84. The Balaban J connectivity index is 2.84. The molecule has 0 radical (unpaired) electrons. The van der Waals surface area contributed by atoms with Crippen molar-refractivity contribution in [2.45, 2.75) is 25.7 Å². The number of hydrogen-bond donors (Lipinski definition) is 2. The minimum atomic E-state index is -4.46. The zero-order valence-electron chi connectivity index (χ0n) is 9.31. The molecule has 0 saturated carbocycles. The van der Waals surface area contributed by atoms with Crippen LogP contribution in [0.3, 0.4) is 0 Å². The Kier molecular flexibility index (Phi) is 4.47. The van der Waals surface area contributed by atoms with E-state index in [-0.39, 0.29) is 18.2 Å². The first-order chi connectivity index (χ1) is 7.84. The van der Waals surface area contributed by atoms with E-state index in [0.29, 0.717) is 6.54 Å². The maximum atomic E-state index is 13.3. The first-order valence-corrected chi connectivity index (χ1v) is 5.13. The van der Waals surface area contributed by atoms with E-state index in [1.807, 2.05) is 0 Å². The fraction of sp³-hybridized carbons (Fsp3) is 0.455. The molecule has 1 atom stereocenters. The molecular formula is C11H14F4N2. The third kappa shape index (κ3) is 3.98. The van der Waals surface area contributed by atoms with Crippen molar-refractivity contribution in [3.63, 3.8) is 0 Å². The molecule has 0 amide bonds. The summed E-state index contributed by atoms with van der Waals surface area (Å²) in [6, 6.07) is 2.29.